The Labute approximate surface area is 233 Å². The zero-order valence-corrected chi connectivity index (χ0v) is 23.7. The van der Waals surface area contributed by atoms with Crippen LogP contribution in [0.25, 0.3) is 66.1 Å². The second kappa shape index (κ2) is 8.92. The van der Waals surface area contributed by atoms with E-state index in [9.17, 15) is 0 Å². The average Bonchev–Trinajstić information content (AvgIpc) is 2.93. The van der Waals surface area contributed by atoms with Gasteiger partial charge in [0.1, 0.15) is 0 Å². The Morgan fingerprint density at radius 3 is 1.20 bits per heavy atom. The molecule has 0 radical (unpaired) electrons. The molecule has 0 N–H and O–H groups in total. The second-order valence-electron chi connectivity index (χ2n) is 11.1. The smallest absolute Gasteiger partial charge is 0.0972 e. The van der Waals surface area contributed by atoms with Crippen LogP contribution in [0.2, 0.25) is 0 Å². The first-order chi connectivity index (χ1) is 19.3. The summed E-state index contributed by atoms with van der Waals surface area (Å²) in [5.41, 5.74) is 14.8. The van der Waals surface area contributed by atoms with Gasteiger partial charge in [0, 0.05) is 44.1 Å². The van der Waals surface area contributed by atoms with Crippen molar-refractivity contribution in [2.24, 2.45) is 0 Å². The lowest BCUT2D eigenvalue weighted by Gasteiger charge is -2.14. The molecule has 0 atom stereocenters. The van der Waals surface area contributed by atoms with E-state index in [0.717, 1.165) is 88.6 Å². The van der Waals surface area contributed by atoms with Gasteiger partial charge in [-0.05, 0) is 100 Å². The molecule has 3 aromatic carbocycles. The molecule has 0 spiro atoms. The maximum Gasteiger partial charge on any atom is 0.0972 e. The lowest BCUT2D eigenvalue weighted by atomic mass is 9.95. The van der Waals surface area contributed by atoms with Crippen LogP contribution >= 0.6 is 0 Å². The molecule has 0 saturated carbocycles. The molecule has 0 saturated heterocycles. The van der Waals surface area contributed by atoms with E-state index in [1.54, 1.807) is 0 Å². The van der Waals surface area contributed by atoms with E-state index in [0.29, 0.717) is 0 Å². The molecule has 4 nitrogen and oxygen atoms in total. The highest BCUT2D eigenvalue weighted by atomic mass is 14.8. The van der Waals surface area contributed by atoms with Gasteiger partial charge >= 0.3 is 0 Å². The Bertz CT molecular complexity index is 2020. The standard InChI is InChI=1S/C36H30N4/c1-19-15-23(5)37-35-27(19)11-7-25-9-13-31(39-33(25)35)29-17-22(4)30(18-21(29)3)32-14-10-26-8-12-28-20(2)16-24(6)38-36(28)34(26)40-32/h7-18H,1-6H3. The quantitative estimate of drug-likeness (QED) is 0.214. The van der Waals surface area contributed by atoms with Crippen molar-refractivity contribution in [2.45, 2.75) is 41.5 Å². The van der Waals surface area contributed by atoms with Crippen LogP contribution in [-0.4, -0.2) is 19.9 Å². The summed E-state index contributed by atoms with van der Waals surface area (Å²) in [5, 5.41) is 4.51. The van der Waals surface area contributed by atoms with Crippen molar-refractivity contribution in [3.8, 4) is 22.5 Å². The van der Waals surface area contributed by atoms with Crippen molar-refractivity contribution < 1.29 is 0 Å². The maximum atomic E-state index is 5.17. The number of nitrogens with zero attached hydrogens (tertiary/aromatic N) is 4. The molecule has 4 heterocycles. The Kier molecular flexibility index (Phi) is 5.43. The topological polar surface area (TPSA) is 51.6 Å². The van der Waals surface area contributed by atoms with Gasteiger partial charge in [0.2, 0.25) is 0 Å². The van der Waals surface area contributed by atoms with E-state index in [-0.39, 0.29) is 0 Å². The van der Waals surface area contributed by atoms with Gasteiger partial charge in [-0.15, -0.1) is 0 Å². The summed E-state index contributed by atoms with van der Waals surface area (Å²) in [6, 6.07) is 25.9. The molecule has 194 valence electrons. The molecule has 7 aromatic rings. The van der Waals surface area contributed by atoms with Crippen molar-refractivity contribution in [1.29, 1.82) is 0 Å². The molecular formula is C36H30N4. The fraction of sp³-hybridized carbons (Fsp3) is 0.167. The van der Waals surface area contributed by atoms with E-state index < -0.39 is 0 Å². The first kappa shape index (κ1) is 24.3. The minimum atomic E-state index is 0.948. The van der Waals surface area contributed by atoms with Crippen LogP contribution in [0.1, 0.15) is 33.6 Å². The van der Waals surface area contributed by atoms with Crippen LogP contribution in [0.3, 0.4) is 0 Å². The molecule has 0 aliphatic carbocycles. The number of benzene rings is 3. The van der Waals surface area contributed by atoms with Crippen molar-refractivity contribution in [1.82, 2.24) is 19.9 Å². The summed E-state index contributed by atoms with van der Waals surface area (Å²) in [4.78, 5) is 20.1. The first-order valence-electron chi connectivity index (χ1n) is 13.7. The highest BCUT2D eigenvalue weighted by molar-refractivity contribution is 6.05. The lowest BCUT2D eigenvalue weighted by Crippen LogP contribution is -1.96. The third-order valence-corrected chi connectivity index (χ3v) is 8.07. The molecule has 4 aromatic heterocycles. The minimum absolute atomic E-state index is 0.948. The summed E-state index contributed by atoms with van der Waals surface area (Å²) in [6.45, 7) is 12.7. The predicted octanol–water partition coefficient (Wildman–Crippen LogP) is 9.06. The maximum absolute atomic E-state index is 5.17. The monoisotopic (exact) mass is 518 g/mol. The summed E-state index contributed by atoms with van der Waals surface area (Å²) in [5.74, 6) is 0. The zero-order chi connectivity index (χ0) is 27.7. The van der Waals surface area contributed by atoms with E-state index in [1.807, 2.05) is 13.8 Å². The first-order valence-corrected chi connectivity index (χ1v) is 13.7. The Hall–Kier alpha value is -4.70. The molecule has 4 heteroatoms. The highest BCUT2D eigenvalue weighted by Gasteiger charge is 2.14. The zero-order valence-electron chi connectivity index (χ0n) is 23.7. The van der Waals surface area contributed by atoms with Gasteiger partial charge in [-0.3, -0.25) is 9.97 Å². The minimum Gasteiger partial charge on any atom is -0.251 e. The largest absolute Gasteiger partial charge is 0.251 e. The number of pyridine rings is 4. The molecule has 0 aliphatic rings. The Balaban J connectivity index is 1.38. The van der Waals surface area contributed by atoms with Gasteiger partial charge in [0.05, 0.1) is 33.5 Å². The van der Waals surface area contributed by atoms with Crippen LogP contribution in [0.4, 0.5) is 0 Å². The van der Waals surface area contributed by atoms with E-state index in [4.69, 9.17) is 19.9 Å². The molecule has 0 fully saturated rings. The summed E-state index contributed by atoms with van der Waals surface area (Å²) >= 11 is 0. The van der Waals surface area contributed by atoms with E-state index in [1.165, 1.54) is 11.1 Å². The number of hydrogen-bond donors (Lipinski definition) is 0. The Morgan fingerprint density at radius 1 is 0.375 bits per heavy atom. The molecular weight excluding hydrogens is 488 g/mol. The molecule has 40 heavy (non-hydrogen) atoms. The molecule has 0 bridgehead atoms. The lowest BCUT2D eigenvalue weighted by molar-refractivity contribution is 1.23. The summed E-state index contributed by atoms with van der Waals surface area (Å²) in [6.07, 6.45) is 0. The number of aromatic nitrogens is 4. The number of hydrogen-bond acceptors (Lipinski definition) is 4. The van der Waals surface area contributed by atoms with Crippen LogP contribution in [0.15, 0.2) is 72.8 Å². The van der Waals surface area contributed by atoms with Crippen LogP contribution in [0, 0.1) is 41.5 Å². The van der Waals surface area contributed by atoms with Gasteiger partial charge in [0.25, 0.3) is 0 Å². The number of rotatable bonds is 2. The van der Waals surface area contributed by atoms with Gasteiger partial charge in [-0.25, -0.2) is 9.97 Å². The third kappa shape index (κ3) is 3.83. The van der Waals surface area contributed by atoms with Crippen molar-refractivity contribution in [3.05, 3.63) is 106 Å². The van der Waals surface area contributed by atoms with Gasteiger partial charge in [0.15, 0.2) is 0 Å². The van der Waals surface area contributed by atoms with Crippen molar-refractivity contribution in [3.63, 3.8) is 0 Å². The second-order valence-corrected chi connectivity index (χ2v) is 11.1. The Morgan fingerprint density at radius 2 is 0.775 bits per heavy atom. The normalized spacial score (nSPS) is 11.8. The number of aryl methyl sites for hydroxylation is 6. The molecule has 0 unspecified atom stereocenters. The predicted molar refractivity (Wildman–Crippen MR) is 167 cm³/mol. The third-order valence-electron chi connectivity index (χ3n) is 8.07. The van der Waals surface area contributed by atoms with Gasteiger partial charge in [-0.2, -0.15) is 0 Å². The van der Waals surface area contributed by atoms with Gasteiger partial charge < -0.3 is 0 Å². The molecule has 0 aliphatic heterocycles. The fourth-order valence-electron chi connectivity index (χ4n) is 6.08. The van der Waals surface area contributed by atoms with Crippen molar-refractivity contribution in [2.75, 3.05) is 0 Å². The van der Waals surface area contributed by atoms with Crippen LogP contribution in [-0.2, 0) is 0 Å². The fourth-order valence-corrected chi connectivity index (χ4v) is 6.08. The average molecular weight is 519 g/mol. The van der Waals surface area contributed by atoms with Gasteiger partial charge in [-0.1, -0.05) is 36.4 Å². The summed E-state index contributed by atoms with van der Waals surface area (Å²) in [7, 11) is 0. The highest BCUT2D eigenvalue weighted by Crippen LogP contribution is 2.34. The van der Waals surface area contributed by atoms with E-state index >= 15 is 0 Å². The summed E-state index contributed by atoms with van der Waals surface area (Å²) < 4.78 is 0. The van der Waals surface area contributed by atoms with Crippen LogP contribution in [0.5, 0.6) is 0 Å². The SMILES string of the molecule is Cc1cc(C)c2ccc3ccc(-c4cc(C)c(-c5ccc6ccc7c(C)cc(C)nc7c6n5)cc4C)nc3c2n1. The molecule has 7 rings (SSSR count). The van der Waals surface area contributed by atoms with Crippen molar-refractivity contribution >= 4 is 43.6 Å². The number of fused-ring (bicyclic) bond motifs is 6. The molecule has 0 amide bonds. The van der Waals surface area contributed by atoms with Crippen LogP contribution < -0.4 is 0 Å². The van der Waals surface area contributed by atoms with E-state index in [2.05, 4.69) is 100 Å².